The summed E-state index contributed by atoms with van der Waals surface area (Å²) in [5.41, 5.74) is 1.05. The zero-order chi connectivity index (χ0) is 25.6. The lowest BCUT2D eigenvalue weighted by atomic mass is 10.2. The van der Waals surface area contributed by atoms with Crippen LogP contribution < -0.4 is 24.8 Å². The van der Waals surface area contributed by atoms with E-state index in [1.54, 1.807) is 12.1 Å². The number of ether oxygens (including phenoxy) is 3. The highest BCUT2D eigenvalue weighted by atomic mass is 79.9. The lowest BCUT2D eigenvalue weighted by Gasteiger charge is -2.16. The quantitative estimate of drug-likeness (QED) is 0.170. The fourth-order valence-corrected chi connectivity index (χ4v) is 3.93. The second-order valence-electron chi connectivity index (χ2n) is 7.96. The summed E-state index contributed by atoms with van der Waals surface area (Å²) in [7, 11) is 0. The third-order valence-corrected chi connectivity index (χ3v) is 5.85. The molecule has 36 heavy (non-hydrogen) atoms. The number of benzene rings is 3. The minimum absolute atomic E-state index is 0.158. The first-order chi connectivity index (χ1) is 17.6. The molecule has 1 amide bonds. The molecule has 8 heteroatoms. The number of thiocarbonyl (C=S) groups is 1. The molecule has 0 saturated carbocycles. The van der Waals surface area contributed by atoms with Gasteiger partial charge in [0.1, 0.15) is 30.5 Å². The number of carbonyl (C=O) groups is 1. The van der Waals surface area contributed by atoms with Crippen LogP contribution in [0.5, 0.6) is 17.2 Å². The molecule has 3 aromatic carbocycles. The van der Waals surface area contributed by atoms with Gasteiger partial charge in [-0.15, -0.1) is 0 Å². The average molecular weight is 572 g/mol. The number of carbonyl (C=O) groups excluding carboxylic acids is 1. The molecule has 3 rings (SSSR count). The summed E-state index contributed by atoms with van der Waals surface area (Å²) in [6, 6.07) is 22.3. The standard InChI is InChI=1S/C28H31BrN2O4S/c1-2-3-4-10-17-34-25-16-15-21(29)20-23(25)27(32)31-28(36)30-24-13-8-9-14-26(24)35-19-18-33-22-11-6-5-7-12-22/h5-9,11-16,20H,2-4,10,17-19H2,1H3,(H2,30,31,32,36). The molecule has 190 valence electrons. The molecular formula is C28H31BrN2O4S. The van der Waals surface area contributed by atoms with Crippen LogP contribution in [0.4, 0.5) is 5.69 Å². The van der Waals surface area contributed by atoms with Crippen molar-refractivity contribution in [3.05, 3.63) is 82.8 Å². The molecule has 0 heterocycles. The summed E-state index contributed by atoms with van der Waals surface area (Å²) in [6.07, 6.45) is 4.37. The van der Waals surface area contributed by atoms with Crippen LogP contribution in [-0.4, -0.2) is 30.8 Å². The van der Waals surface area contributed by atoms with Crippen molar-refractivity contribution in [2.45, 2.75) is 32.6 Å². The highest BCUT2D eigenvalue weighted by Gasteiger charge is 2.16. The Morgan fingerprint density at radius 3 is 2.36 bits per heavy atom. The molecule has 0 aliphatic rings. The maximum atomic E-state index is 13.0. The van der Waals surface area contributed by atoms with Gasteiger partial charge in [-0.2, -0.15) is 0 Å². The first kappa shape index (κ1) is 27.5. The molecular weight excluding hydrogens is 540 g/mol. The Kier molecular flexibility index (Phi) is 11.5. The topological polar surface area (TPSA) is 68.8 Å². The number of anilines is 1. The first-order valence-electron chi connectivity index (χ1n) is 12.0. The summed E-state index contributed by atoms with van der Waals surface area (Å²) in [5.74, 6) is 1.56. The van der Waals surface area contributed by atoms with Crippen LogP contribution in [0.1, 0.15) is 43.0 Å². The van der Waals surface area contributed by atoms with Crippen molar-refractivity contribution in [1.82, 2.24) is 5.32 Å². The van der Waals surface area contributed by atoms with Crippen LogP contribution in [0, 0.1) is 0 Å². The Hall–Kier alpha value is -3.10. The van der Waals surface area contributed by atoms with Gasteiger partial charge >= 0.3 is 0 Å². The molecule has 2 N–H and O–H groups in total. The van der Waals surface area contributed by atoms with Crippen LogP contribution in [0.3, 0.4) is 0 Å². The minimum Gasteiger partial charge on any atom is -0.493 e. The fraction of sp³-hybridized carbons (Fsp3) is 0.286. The van der Waals surface area contributed by atoms with E-state index in [1.165, 1.54) is 6.42 Å². The van der Waals surface area contributed by atoms with Gasteiger partial charge in [0.05, 0.1) is 17.9 Å². The summed E-state index contributed by atoms with van der Waals surface area (Å²) >= 11 is 8.84. The SMILES string of the molecule is CCCCCCOc1ccc(Br)cc1C(=O)NC(=S)Nc1ccccc1OCCOc1ccccc1. The number of para-hydroxylation sites is 3. The molecule has 6 nitrogen and oxygen atoms in total. The van der Waals surface area contributed by atoms with E-state index < -0.39 is 0 Å². The molecule has 0 saturated heterocycles. The Morgan fingerprint density at radius 1 is 0.833 bits per heavy atom. The number of hydrogen-bond donors (Lipinski definition) is 2. The molecule has 0 unspecified atom stereocenters. The van der Waals surface area contributed by atoms with Gasteiger partial charge in [-0.1, -0.05) is 72.4 Å². The summed E-state index contributed by atoms with van der Waals surface area (Å²) in [5, 5.41) is 5.95. The van der Waals surface area contributed by atoms with E-state index in [4.69, 9.17) is 26.4 Å². The third kappa shape index (κ3) is 9.17. The maximum Gasteiger partial charge on any atom is 0.261 e. The molecule has 0 bridgehead atoms. The predicted octanol–water partition coefficient (Wildman–Crippen LogP) is 6.99. The first-order valence-corrected chi connectivity index (χ1v) is 13.2. The second-order valence-corrected chi connectivity index (χ2v) is 9.29. The number of hydrogen-bond acceptors (Lipinski definition) is 5. The Balaban J connectivity index is 1.54. The van der Waals surface area contributed by atoms with Gasteiger partial charge in [-0.05, 0) is 61.1 Å². The third-order valence-electron chi connectivity index (χ3n) is 5.16. The van der Waals surface area contributed by atoms with Crippen LogP contribution in [0.25, 0.3) is 0 Å². The van der Waals surface area contributed by atoms with Crippen molar-refractivity contribution in [2.24, 2.45) is 0 Å². The number of halogens is 1. The number of unbranched alkanes of at least 4 members (excludes halogenated alkanes) is 3. The molecule has 0 aromatic heterocycles. The number of nitrogens with one attached hydrogen (secondary N) is 2. The normalized spacial score (nSPS) is 10.4. The summed E-state index contributed by atoms with van der Waals surface area (Å²) in [4.78, 5) is 13.0. The van der Waals surface area contributed by atoms with E-state index in [1.807, 2.05) is 60.7 Å². The van der Waals surface area contributed by atoms with Gasteiger partial charge in [-0.25, -0.2) is 0 Å². The van der Waals surface area contributed by atoms with Crippen molar-refractivity contribution in [2.75, 3.05) is 25.1 Å². The van der Waals surface area contributed by atoms with E-state index in [2.05, 4.69) is 33.5 Å². The minimum atomic E-state index is -0.355. The molecule has 0 atom stereocenters. The maximum absolute atomic E-state index is 13.0. The van der Waals surface area contributed by atoms with Crippen LogP contribution in [-0.2, 0) is 0 Å². The van der Waals surface area contributed by atoms with Crippen molar-refractivity contribution in [3.8, 4) is 17.2 Å². The van der Waals surface area contributed by atoms with Crippen LogP contribution in [0.15, 0.2) is 77.3 Å². The molecule has 3 aromatic rings. The van der Waals surface area contributed by atoms with E-state index in [0.717, 1.165) is 29.5 Å². The van der Waals surface area contributed by atoms with Crippen molar-refractivity contribution < 1.29 is 19.0 Å². The molecule has 0 fully saturated rings. The van der Waals surface area contributed by atoms with Gasteiger partial charge in [0.2, 0.25) is 0 Å². The smallest absolute Gasteiger partial charge is 0.261 e. The lowest BCUT2D eigenvalue weighted by molar-refractivity contribution is 0.0973. The predicted molar refractivity (Wildman–Crippen MR) is 151 cm³/mol. The van der Waals surface area contributed by atoms with Gasteiger partial charge in [-0.3, -0.25) is 10.1 Å². The molecule has 0 aliphatic heterocycles. The Labute approximate surface area is 226 Å². The van der Waals surface area contributed by atoms with E-state index in [0.29, 0.717) is 42.6 Å². The molecule has 0 aliphatic carbocycles. The lowest BCUT2D eigenvalue weighted by Crippen LogP contribution is -2.34. The van der Waals surface area contributed by atoms with E-state index in [-0.39, 0.29) is 11.0 Å². The zero-order valence-electron chi connectivity index (χ0n) is 20.3. The fourth-order valence-electron chi connectivity index (χ4n) is 3.36. The summed E-state index contributed by atoms with van der Waals surface area (Å²) in [6.45, 7) is 3.47. The van der Waals surface area contributed by atoms with Gasteiger partial charge in [0, 0.05) is 4.47 Å². The van der Waals surface area contributed by atoms with E-state index in [9.17, 15) is 4.79 Å². The van der Waals surface area contributed by atoms with Gasteiger partial charge < -0.3 is 19.5 Å². The Bertz CT molecular complexity index is 1130. The van der Waals surface area contributed by atoms with Crippen LogP contribution >= 0.6 is 28.1 Å². The largest absolute Gasteiger partial charge is 0.493 e. The van der Waals surface area contributed by atoms with Crippen molar-refractivity contribution in [3.63, 3.8) is 0 Å². The van der Waals surface area contributed by atoms with Crippen LogP contribution in [0.2, 0.25) is 0 Å². The highest BCUT2D eigenvalue weighted by molar-refractivity contribution is 9.10. The monoisotopic (exact) mass is 570 g/mol. The average Bonchev–Trinajstić information content (AvgIpc) is 2.88. The highest BCUT2D eigenvalue weighted by Crippen LogP contribution is 2.25. The second kappa shape index (κ2) is 15.1. The Morgan fingerprint density at radius 2 is 1.56 bits per heavy atom. The van der Waals surface area contributed by atoms with E-state index >= 15 is 0 Å². The summed E-state index contributed by atoms with van der Waals surface area (Å²) < 4.78 is 18.2. The number of amides is 1. The van der Waals surface area contributed by atoms with Gasteiger partial charge in [0.25, 0.3) is 5.91 Å². The zero-order valence-corrected chi connectivity index (χ0v) is 22.7. The van der Waals surface area contributed by atoms with Gasteiger partial charge in [0.15, 0.2) is 5.11 Å². The molecule has 0 radical (unpaired) electrons. The molecule has 0 spiro atoms. The van der Waals surface area contributed by atoms with Crippen molar-refractivity contribution in [1.29, 1.82) is 0 Å². The van der Waals surface area contributed by atoms with Crippen molar-refractivity contribution >= 4 is 44.9 Å². The number of rotatable bonds is 13.